The lowest BCUT2D eigenvalue weighted by Crippen LogP contribution is -1.88. The summed E-state index contributed by atoms with van der Waals surface area (Å²) in [5.74, 6) is 0.464. The highest BCUT2D eigenvalue weighted by Crippen LogP contribution is 2.38. The molecule has 0 saturated heterocycles. The first-order valence-corrected chi connectivity index (χ1v) is 8.25. The van der Waals surface area contributed by atoms with Crippen molar-refractivity contribution in [3.8, 4) is 22.1 Å². The summed E-state index contributed by atoms with van der Waals surface area (Å²) in [7, 11) is 2.97. The molecule has 0 amide bonds. The number of phenolic OH excluding ortho intramolecular Hbond substituents is 1. The van der Waals surface area contributed by atoms with Crippen LogP contribution in [-0.2, 0) is 9.05 Å². The van der Waals surface area contributed by atoms with E-state index in [9.17, 15) is 13.5 Å². The number of methoxy groups -OCH3 is 1. The Balaban J connectivity index is 2.55. The zero-order valence-corrected chi connectivity index (χ0v) is 12.4. The highest BCUT2D eigenvalue weighted by atomic mass is 35.7. The molecule has 0 aliphatic carbocycles. The zero-order chi connectivity index (χ0) is 14.2. The van der Waals surface area contributed by atoms with Crippen molar-refractivity contribution >= 4 is 31.1 Å². The van der Waals surface area contributed by atoms with Gasteiger partial charge < -0.3 is 9.84 Å². The first-order chi connectivity index (χ1) is 8.82. The molecule has 2 aromatic rings. The van der Waals surface area contributed by atoms with E-state index in [-0.39, 0.29) is 9.96 Å². The van der Waals surface area contributed by atoms with E-state index in [1.807, 2.05) is 0 Å². The molecular weight excluding hydrogens is 310 g/mol. The zero-order valence-electron chi connectivity index (χ0n) is 10.0. The lowest BCUT2D eigenvalue weighted by molar-refractivity contribution is 0.408. The summed E-state index contributed by atoms with van der Waals surface area (Å²) in [6, 6.07) is 4.69. The Hall–Kier alpha value is -1.31. The highest BCUT2D eigenvalue weighted by molar-refractivity contribution is 8.15. The maximum Gasteiger partial charge on any atom is 0.272 e. The van der Waals surface area contributed by atoms with Crippen LogP contribution in [0.5, 0.6) is 11.5 Å². The standard InChI is InChI=1S/C11H10ClNO4S2/c1-6-11(19(12,15)16)18-10(13-6)8-4-3-7(17-2)5-9(8)14/h3-5,14H,1-2H3. The molecule has 0 aliphatic rings. The summed E-state index contributed by atoms with van der Waals surface area (Å²) < 4.78 is 27.6. The van der Waals surface area contributed by atoms with Crippen LogP contribution in [0.25, 0.3) is 10.6 Å². The average molecular weight is 320 g/mol. The molecule has 102 valence electrons. The minimum absolute atomic E-state index is 0.0145. The molecule has 8 heteroatoms. The van der Waals surface area contributed by atoms with E-state index in [2.05, 4.69) is 4.98 Å². The molecule has 0 bridgehead atoms. The van der Waals surface area contributed by atoms with Gasteiger partial charge in [-0.2, -0.15) is 0 Å². The Morgan fingerprint density at radius 2 is 2.11 bits per heavy atom. The SMILES string of the molecule is COc1ccc(-c2nc(C)c(S(=O)(=O)Cl)s2)c(O)c1. The number of hydrogen-bond donors (Lipinski definition) is 1. The first-order valence-electron chi connectivity index (χ1n) is 5.12. The van der Waals surface area contributed by atoms with E-state index in [0.29, 0.717) is 22.0 Å². The second kappa shape index (κ2) is 4.99. The number of nitrogens with zero attached hydrogens (tertiary/aromatic N) is 1. The van der Waals surface area contributed by atoms with E-state index >= 15 is 0 Å². The van der Waals surface area contributed by atoms with Crippen LogP contribution in [0.1, 0.15) is 5.69 Å². The third-order valence-electron chi connectivity index (χ3n) is 2.41. The molecule has 2 rings (SSSR count). The predicted octanol–water partition coefficient (Wildman–Crippen LogP) is 2.76. The van der Waals surface area contributed by atoms with E-state index in [1.54, 1.807) is 19.1 Å². The number of halogens is 1. The molecule has 0 spiro atoms. The molecule has 19 heavy (non-hydrogen) atoms. The van der Waals surface area contributed by atoms with Gasteiger partial charge in [-0.3, -0.25) is 0 Å². The van der Waals surface area contributed by atoms with Gasteiger partial charge in [0.05, 0.1) is 18.4 Å². The fourth-order valence-electron chi connectivity index (χ4n) is 1.54. The fraction of sp³-hybridized carbons (Fsp3) is 0.182. The number of aromatic nitrogens is 1. The van der Waals surface area contributed by atoms with Gasteiger partial charge in [-0.1, -0.05) is 0 Å². The second-order valence-corrected chi connectivity index (χ2v) is 7.47. The van der Waals surface area contributed by atoms with Gasteiger partial charge >= 0.3 is 0 Å². The number of benzene rings is 1. The average Bonchev–Trinajstić information content (AvgIpc) is 2.70. The van der Waals surface area contributed by atoms with Crippen LogP contribution in [-0.4, -0.2) is 25.6 Å². The van der Waals surface area contributed by atoms with Crippen molar-refractivity contribution in [2.45, 2.75) is 11.1 Å². The van der Waals surface area contributed by atoms with Crippen molar-refractivity contribution in [3.63, 3.8) is 0 Å². The molecule has 0 fully saturated rings. The normalized spacial score (nSPS) is 11.5. The minimum Gasteiger partial charge on any atom is -0.507 e. The number of ether oxygens (including phenoxy) is 1. The monoisotopic (exact) mass is 319 g/mol. The third-order valence-corrected chi connectivity index (χ3v) is 5.78. The maximum absolute atomic E-state index is 11.3. The summed E-state index contributed by atoms with van der Waals surface area (Å²) in [4.78, 5) is 4.12. The van der Waals surface area contributed by atoms with Crippen molar-refractivity contribution in [1.29, 1.82) is 0 Å². The molecule has 1 N–H and O–H groups in total. The van der Waals surface area contributed by atoms with Gasteiger partial charge in [0, 0.05) is 16.7 Å². The number of aryl methyl sites for hydroxylation is 1. The lowest BCUT2D eigenvalue weighted by Gasteiger charge is -2.03. The molecule has 5 nitrogen and oxygen atoms in total. The van der Waals surface area contributed by atoms with Gasteiger partial charge in [-0.25, -0.2) is 13.4 Å². The van der Waals surface area contributed by atoms with Gasteiger partial charge in [-0.05, 0) is 19.1 Å². The summed E-state index contributed by atoms with van der Waals surface area (Å²) >= 11 is 0.915. The van der Waals surface area contributed by atoms with Crippen molar-refractivity contribution < 1.29 is 18.3 Å². The van der Waals surface area contributed by atoms with Crippen molar-refractivity contribution in [1.82, 2.24) is 4.98 Å². The number of aromatic hydroxyl groups is 1. The van der Waals surface area contributed by atoms with Crippen molar-refractivity contribution in [2.75, 3.05) is 7.11 Å². The number of rotatable bonds is 3. The maximum atomic E-state index is 11.3. The van der Waals surface area contributed by atoms with Gasteiger partial charge in [0.2, 0.25) is 0 Å². The summed E-state index contributed by atoms with van der Waals surface area (Å²) in [5.41, 5.74) is 0.741. The van der Waals surface area contributed by atoms with Crippen LogP contribution in [0.15, 0.2) is 22.4 Å². The van der Waals surface area contributed by atoms with Gasteiger partial charge in [0.1, 0.15) is 16.5 Å². The van der Waals surface area contributed by atoms with E-state index in [4.69, 9.17) is 15.4 Å². The fourth-order valence-corrected chi connectivity index (χ4v) is 4.03. The topological polar surface area (TPSA) is 76.5 Å². The Morgan fingerprint density at radius 1 is 1.42 bits per heavy atom. The Labute approximate surface area is 118 Å². The first kappa shape index (κ1) is 14.1. The molecule has 1 aromatic heterocycles. The predicted molar refractivity (Wildman–Crippen MR) is 73.5 cm³/mol. The molecule has 1 aromatic carbocycles. The third kappa shape index (κ3) is 2.83. The Kier molecular flexibility index (Phi) is 3.71. The van der Waals surface area contributed by atoms with Crippen LogP contribution >= 0.6 is 22.0 Å². The van der Waals surface area contributed by atoms with Crippen LogP contribution in [0.3, 0.4) is 0 Å². The van der Waals surface area contributed by atoms with E-state index < -0.39 is 9.05 Å². The largest absolute Gasteiger partial charge is 0.507 e. The number of hydrogen-bond acceptors (Lipinski definition) is 6. The van der Waals surface area contributed by atoms with Crippen LogP contribution < -0.4 is 4.74 Å². The van der Waals surface area contributed by atoms with E-state index in [0.717, 1.165) is 11.3 Å². The lowest BCUT2D eigenvalue weighted by atomic mass is 10.2. The van der Waals surface area contributed by atoms with Crippen LogP contribution in [0, 0.1) is 6.92 Å². The molecule has 0 unspecified atom stereocenters. The Morgan fingerprint density at radius 3 is 2.58 bits per heavy atom. The second-order valence-electron chi connectivity index (χ2n) is 3.71. The quantitative estimate of drug-likeness (QED) is 0.880. The van der Waals surface area contributed by atoms with Gasteiger partial charge in [-0.15, -0.1) is 11.3 Å². The minimum atomic E-state index is -3.82. The number of phenols is 1. The van der Waals surface area contributed by atoms with E-state index in [1.165, 1.54) is 13.2 Å². The molecule has 0 atom stereocenters. The smallest absolute Gasteiger partial charge is 0.272 e. The molecule has 0 radical (unpaired) electrons. The summed E-state index contributed by atoms with van der Waals surface area (Å²) in [6.45, 7) is 1.55. The molecule has 1 heterocycles. The summed E-state index contributed by atoms with van der Waals surface area (Å²) in [6.07, 6.45) is 0. The van der Waals surface area contributed by atoms with Gasteiger partial charge in [0.25, 0.3) is 9.05 Å². The highest BCUT2D eigenvalue weighted by Gasteiger charge is 2.21. The Bertz CT molecular complexity index is 724. The molecule has 0 aliphatic heterocycles. The number of thiazole rings is 1. The molecule has 0 saturated carbocycles. The van der Waals surface area contributed by atoms with Crippen LogP contribution in [0.4, 0.5) is 0 Å². The molecular formula is C11H10ClNO4S2. The van der Waals surface area contributed by atoms with Crippen molar-refractivity contribution in [3.05, 3.63) is 23.9 Å². The van der Waals surface area contributed by atoms with Gasteiger partial charge in [0.15, 0.2) is 4.21 Å². The summed E-state index contributed by atoms with van der Waals surface area (Å²) in [5, 5.41) is 10.3. The van der Waals surface area contributed by atoms with Crippen LogP contribution in [0.2, 0.25) is 0 Å². The van der Waals surface area contributed by atoms with Crippen molar-refractivity contribution in [2.24, 2.45) is 0 Å².